The first-order valence-corrected chi connectivity index (χ1v) is 22.7. The highest BCUT2D eigenvalue weighted by atomic mass is 32.1. The van der Waals surface area contributed by atoms with Crippen molar-refractivity contribution in [3.8, 4) is 44.5 Å². The number of fused-ring (bicyclic) bond motifs is 16. The van der Waals surface area contributed by atoms with Crippen LogP contribution in [0.4, 0.5) is 0 Å². The minimum atomic E-state index is -0.209. The molecule has 0 aliphatic heterocycles. The van der Waals surface area contributed by atoms with Gasteiger partial charge in [0.25, 0.3) is 0 Å². The average Bonchev–Trinajstić information content (AvgIpc) is 3.98. The van der Waals surface area contributed by atoms with Crippen molar-refractivity contribution in [1.29, 1.82) is 0 Å². The topological polar surface area (TPSA) is 13.1 Å². The molecule has 63 heavy (non-hydrogen) atoms. The van der Waals surface area contributed by atoms with Crippen LogP contribution in [0.2, 0.25) is 0 Å². The second-order valence-electron chi connectivity index (χ2n) is 17.9. The zero-order valence-corrected chi connectivity index (χ0v) is 35.6. The van der Waals surface area contributed by atoms with Gasteiger partial charge >= 0.3 is 0 Å². The van der Waals surface area contributed by atoms with E-state index in [4.69, 9.17) is 4.42 Å². The van der Waals surface area contributed by atoms with Crippen molar-refractivity contribution in [3.05, 3.63) is 205 Å². The highest BCUT2D eigenvalue weighted by Crippen LogP contribution is 2.53. The third-order valence-corrected chi connectivity index (χ3v) is 15.4. The highest BCUT2D eigenvalue weighted by molar-refractivity contribution is 7.27. The Balaban J connectivity index is 0.910. The maximum Gasteiger partial charge on any atom is 0.143 e. The van der Waals surface area contributed by atoms with E-state index < -0.39 is 0 Å². The predicted octanol–water partition coefficient (Wildman–Crippen LogP) is 17.9. The second kappa shape index (κ2) is 12.8. The fourth-order valence-corrected chi connectivity index (χ4v) is 12.6. The summed E-state index contributed by atoms with van der Waals surface area (Å²) in [5.74, 6) is 0. The van der Waals surface area contributed by atoms with Crippen molar-refractivity contribution < 1.29 is 4.42 Å². The van der Waals surface area contributed by atoms with Crippen LogP contribution in [0.5, 0.6) is 0 Å². The lowest BCUT2D eigenvalue weighted by molar-refractivity contribution is 0.661. The summed E-state index contributed by atoms with van der Waals surface area (Å²) in [5, 5.41) is 15.0. The van der Waals surface area contributed by atoms with E-state index in [9.17, 15) is 0 Å². The van der Waals surface area contributed by atoms with Crippen molar-refractivity contribution in [2.45, 2.75) is 19.3 Å². The van der Waals surface area contributed by atoms with E-state index in [2.05, 4.69) is 208 Å². The minimum Gasteiger partial charge on any atom is -0.455 e. The van der Waals surface area contributed by atoms with Crippen molar-refractivity contribution in [2.75, 3.05) is 0 Å². The number of hydrogen-bond donors (Lipinski definition) is 0. The largest absolute Gasteiger partial charge is 0.455 e. The maximum absolute atomic E-state index is 6.91. The lowest BCUT2D eigenvalue weighted by Gasteiger charge is -2.23. The number of benzene rings is 11. The Labute approximate surface area is 368 Å². The second-order valence-corrected chi connectivity index (χ2v) is 18.9. The van der Waals surface area contributed by atoms with Gasteiger partial charge in [-0.1, -0.05) is 178 Å². The molecule has 0 spiro atoms. The summed E-state index contributed by atoms with van der Waals surface area (Å²) < 4.78 is 9.55. The molecule has 0 N–H and O–H groups in total. The molecule has 1 aliphatic carbocycles. The smallest absolute Gasteiger partial charge is 0.143 e. The zero-order chi connectivity index (χ0) is 41.6. The van der Waals surface area contributed by atoms with Crippen molar-refractivity contribution in [1.82, 2.24) is 0 Å². The lowest BCUT2D eigenvalue weighted by Crippen LogP contribution is -2.15. The first-order chi connectivity index (χ1) is 31.0. The predicted molar refractivity (Wildman–Crippen MR) is 271 cm³/mol. The molecule has 14 rings (SSSR count). The first-order valence-electron chi connectivity index (χ1n) is 21.9. The molecule has 294 valence electrons. The third kappa shape index (κ3) is 4.82. The van der Waals surface area contributed by atoms with E-state index in [0.29, 0.717) is 0 Å². The number of furan rings is 1. The summed E-state index contributed by atoms with van der Waals surface area (Å²) >= 11 is 1.88. The lowest BCUT2D eigenvalue weighted by atomic mass is 9.80. The molecule has 0 saturated carbocycles. The van der Waals surface area contributed by atoms with Gasteiger partial charge in [0.05, 0.1) is 0 Å². The number of rotatable bonds is 3. The summed E-state index contributed by atoms with van der Waals surface area (Å²) in [6, 6.07) is 72.1. The van der Waals surface area contributed by atoms with Crippen LogP contribution in [0.3, 0.4) is 0 Å². The molecule has 1 nitrogen and oxygen atoms in total. The summed E-state index contributed by atoms with van der Waals surface area (Å²) in [6.45, 7) is 4.80. The fraction of sp³-hybridized carbons (Fsp3) is 0.0492. The number of hydrogen-bond acceptors (Lipinski definition) is 2. The molecule has 0 atom stereocenters. The minimum absolute atomic E-state index is 0.209. The summed E-state index contributed by atoms with van der Waals surface area (Å²) in [7, 11) is 0. The molecule has 2 heteroatoms. The van der Waals surface area contributed by atoms with E-state index in [1.54, 1.807) is 0 Å². The van der Waals surface area contributed by atoms with Gasteiger partial charge < -0.3 is 4.42 Å². The van der Waals surface area contributed by atoms with Gasteiger partial charge in [-0.3, -0.25) is 0 Å². The van der Waals surface area contributed by atoms with Gasteiger partial charge in [0.1, 0.15) is 11.2 Å². The highest BCUT2D eigenvalue weighted by Gasteiger charge is 2.36. The van der Waals surface area contributed by atoms with Crippen LogP contribution in [-0.2, 0) is 5.41 Å². The molecule has 2 heterocycles. The Hall–Kier alpha value is -7.52. The molecule has 0 bridgehead atoms. The van der Waals surface area contributed by atoms with E-state index in [1.807, 2.05) is 11.3 Å². The summed E-state index contributed by atoms with van der Waals surface area (Å²) in [6.07, 6.45) is 0. The van der Waals surface area contributed by atoms with Crippen molar-refractivity contribution in [2.24, 2.45) is 0 Å². The Bertz CT molecular complexity index is 4060. The molecule has 13 aromatic rings. The summed E-state index contributed by atoms with van der Waals surface area (Å²) in [5.41, 5.74) is 14.5. The van der Waals surface area contributed by atoms with Gasteiger partial charge in [-0.05, 0) is 118 Å². The van der Waals surface area contributed by atoms with Crippen molar-refractivity contribution in [3.63, 3.8) is 0 Å². The molecular weight excluding hydrogens is 781 g/mol. The van der Waals surface area contributed by atoms with Crippen molar-refractivity contribution >= 4 is 96.5 Å². The van der Waals surface area contributed by atoms with Crippen LogP contribution in [0.25, 0.3) is 130 Å². The average molecular weight is 819 g/mol. The van der Waals surface area contributed by atoms with E-state index >= 15 is 0 Å². The van der Waals surface area contributed by atoms with E-state index in [0.717, 1.165) is 16.7 Å². The van der Waals surface area contributed by atoms with Crippen LogP contribution in [0.15, 0.2) is 199 Å². The molecule has 0 unspecified atom stereocenters. The van der Waals surface area contributed by atoms with Crippen LogP contribution in [0.1, 0.15) is 25.0 Å². The Morgan fingerprint density at radius 1 is 0.381 bits per heavy atom. The molecule has 11 aromatic carbocycles. The SMILES string of the molecule is CC1(C)c2cc(-c3ccc4c(c3)oc3c5ccccc5c5sc6ccccc6c5c43)ccc2-c2ccc(-c3c4ccccc4c(-c4cccc5ccccc45)c4ccccc34)cc21. The molecule has 0 fully saturated rings. The van der Waals surface area contributed by atoms with Gasteiger partial charge in [0.15, 0.2) is 0 Å². The Kier molecular flexibility index (Phi) is 7.12. The fourth-order valence-electron chi connectivity index (χ4n) is 11.3. The van der Waals surface area contributed by atoms with Gasteiger partial charge in [0, 0.05) is 47.1 Å². The maximum atomic E-state index is 6.91. The molecule has 0 radical (unpaired) electrons. The van der Waals surface area contributed by atoms with Crippen LogP contribution in [-0.4, -0.2) is 0 Å². The normalized spacial score (nSPS) is 13.4. The zero-order valence-electron chi connectivity index (χ0n) is 34.8. The van der Waals surface area contributed by atoms with Gasteiger partial charge in [-0.2, -0.15) is 0 Å². The van der Waals surface area contributed by atoms with Crippen LogP contribution in [0, 0.1) is 0 Å². The summed E-state index contributed by atoms with van der Waals surface area (Å²) in [4.78, 5) is 0. The molecule has 0 saturated heterocycles. The monoisotopic (exact) mass is 818 g/mol. The van der Waals surface area contributed by atoms with Gasteiger partial charge in [-0.15, -0.1) is 11.3 Å². The Morgan fingerprint density at radius 3 is 1.65 bits per heavy atom. The molecule has 2 aromatic heterocycles. The quantitative estimate of drug-likeness (QED) is 0.162. The molecular formula is C61H38OS. The Morgan fingerprint density at radius 2 is 0.921 bits per heavy atom. The van der Waals surface area contributed by atoms with E-state index in [-0.39, 0.29) is 5.41 Å². The van der Waals surface area contributed by atoms with Crippen LogP contribution < -0.4 is 0 Å². The third-order valence-electron chi connectivity index (χ3n) is 14.2. The molecule has 1 aliphatic rings. The first kappa shape index (κ1) is 35.1. The standard InChI is InChI=1S/C61H38OS/c1-61(2)51-32-36(37-27-31-49-53(34-37)62-59-47-21-9-10-22-48(47)60-58(57(49)59)50-23-11-12-25-54(50)63-60)26-29-40(51)41-30-28-38(33-52(41)61)55-43-17-5-7-19-45(43)56(46-20-8-6-18-44(46)55)42-24-13-15-35-14-3-4-16-39(35)42/h3-34H,1-2H3. The van der Waals surface area contributed by atoms with Gasteiger partial charge in [-0.25, -0.2) is 0 Å². The number of thiophene rings is 1. The molecule has 0 amide bonds. The van der Waals surface area contributed by atoms with E-state index in [1.165, 1.54) is 124 Å². The van der Waals surface area contributed by atoms with Crippen LogP contribution >= 0.6 is 11.3 Å². The van der Waals surface area contributed by atoms with Gasteiger partial charge in [0.2, 0.25) is 0 Å².